The van der Waals surface area contributed by atoms with Gasteiger partial charge in [-0.05, 0) is 26.8 Å². The molecule has 26 heavy (non-hydrogen) atoms. The van der Waals surface area contributed by atoms with Crippen molar-refractivity contribution < 1.29 is 14.3 Å². The fraction of sp³-hybridized carbons (Fsp3) is 0.579. The number of guanidine groups is 1. The molecular weight excluding hydrogens is 332 g/mol. The first-order chi connectivity index (χ1) is 12.3. The van der Waals surface area contributed by atoms with Gasteiger partial charge in [-0.3, -0.25) is 4.79 Å². The van der Waals surface area contributed by atoms with Gasteiger partial charge in [0.1, 0.15) is 18.8 Å². The lowest BCUT2D eigenvalue weighted by atomic mass is 10.0. The van der Waals surface area contributed by atoms with Crippen molar-refractivity contribution in [2.75, 3.05) is 40.3 Å². The van der Waals surface area contributed by atoms with E-state index in [1.54, 1.807) is 14.1 Å². The maximum atomic E-state index is 11.7. The van der Waals surface area contributed by atoms with Crippen molar-refractivity contribution in [3.63, 3.8) is 0 Å². The molecule has 1 aromatic rings. The summed E-state index contributed by atoms with van der Waals surface area (Å²) >= 11 is 0. The molecule has 1 aliphatic heterocycles. The molecule has 144 valence electrons. The van der Waals surface area contributed by atoms with E-state index in [2.05, 4.69) is 35.5 Å². The van der Waals surface area contributed by atoms with Crippen molar-refractivity contribution in [1.29, 1.82) is 0 Å². The Balaban J connectivity index is 1.85. The van der Waals surface area contributed by atoms with Crippen LogP contribution in [-0.2, 0) is 11.2 Å². The molecule has 2 rings (SSSR count). The van der Waals surface area contributed by atoms with E-state index < -0.39 is 0 Å². The summed E-state index contributed by atoms with van der Waals surface area (Å²) in [7, 11) is 3.43. The van der Waals surface area contributed by atoms with Crippen LogP contribution in [0.4, 0.5) is 0 Å². The first kappa shape index (κ1) is 19.9. The second-order valence-corrected chi connectivity index (χ2v) is 7.04. The number of carbonyl (C=O) groups is 1. The maximum absolute atomic E-state index is 11.7. The van der Waals surface area contributed by atoms with Crippen LogP contribution in [-0.4, -0.2) is 62.7 Å². The zero-order chi connectivity index (χ0) is 19.2. The van der Waals surface area contributed by atoms with Gasteiger partial charge in [0.2, 0.25) is 5.91 Å². The molecule has 2 N–H and O–H groups in total. The molecule has 7 heteroatoms. The number of para-hydroxylation sites is 1. The molecule has 0 atom stereocenters. The number of carbonyl (C=O) groups excluding carboxylic acids is 1. The fourth-order valence-corrected chi connectivity index (χ4v) is 2.66. The summed E-state index contributed by atoms with van der Waals surface area (Å²) in [5.41, 5.74) is 0.988. The van der Waals surface area contributed by atoms with Crippen molar-refractivity contribution in [3.8, 4) is 11.5 Å². The highest BCUT2D eigenvalue weighted by Gasteiger charge is 2.32. The minimum Gasteiger partial charge on any atom is -0.488 e. The van der Waals surface area contributed by atoms with Crippen LogP contribution < -0.4 is 20.1 Å². The second-order valence-electron chi connectivity index (χ2n) is 7.04. The lowest BCUT2D eigenvalue weighted by Crippen LogP contribution is -2.40. The van der Waals surface area contributed by atoms with Crippen LogP contribution in [0.3, 0.4) is 0 Å². The highest BCUT2D eigenvalue weighted by Crippen LogP contribution is 2.41. The summed E-state index contributed by atoms with van der Waals surface area (Å²) < 4.78 is 11.9. The van der Waals surface area contributed by atoms with Gasteiger partial charge >= 0.3 is 0 Å². The monoisotopic (exact) mass is 362 g/mol. The number of likely N-dealkylation sites (N-methyl/N-ethyl adjacent to an activating group) is 1. The fourth-order valence-electron chi connectivity index (χ4n) is 2.66. The molecule has 7 nitrogen and oxygen atoms in total. The van der Waals surface area contributed by atoms with Gasteiger partial charge < -0.3 is 25.0 Å². The Kier molecular flexibility index (Phi) is 6.71. The average molecular weight is 362 g/mol. The van der Waals surface area contributed by atoms with E-state index in [1.807, 2.05) is 19.1 Å². The Labute approximate surface area is 155 Å². The smallest absolute Gasteiger partial charge is 0.243 e. The van der Waals surface area contributed by atoms with Crippen LogP contribution in [0.1, 0.15) is 26.3 Å². The average Bonchev–Trinajstić information content (AvgIpc) is 2.90. The molecule has 0 fully saturated rings. The Bertz CT molecular complexity index is 656. The second kappa shape index (κ2) is 8.78. The zero-order valence-corrected chi connectivity index (χ0v) is 16.4. The van der Waals surface area contributed by atoms with Crippen LogP contribution in [0.5, 0.6) is 11.5 Å². The Hall–Kier alpha value is -2.44. The predicted molar refractivity (Wildman–Crippen MR) is 103 cm³/mol. The lowest BCUT2D eigenvalue weighted by molar-refractivity contribution is -0.127. The zero-order valence-electron chi connectivity index (χ0n) is 16.4. The summed E-state index contributed by atoms with van der Waals surface area (Å²) in [6.45, 7) is 7.99. The van der Waals surface area contributed by atoms with Crippen LogP contribution in [0.2, 0.25) is 0 Å². The molecule has 0 saturated heterocycles. The summed E-state index contributed by atoms with van der Waals surface area (Å²) in [6, 6.07) is 5.99. The van der Waals surface area contributed by atoms with E-state index in [0.717, 1.165) is 24.5 Å². The number of amides is 1. The summed E-state index contributed by atoms with van der Waals surface area (Å²) in [5.74, 6) is 2.16. The van der Waals surface area contributed by atoms with Crippen LogP contribution >= 0.6 is 0 Å². The molecule has 0 aromatic heterocycles. The first-order valence-electron chi connectivity index (χ1n) is 8.98. The van der Waals surface area contributed by atoms with E-state index in [4.69, 9.17) is 9.47 Å². The quantitative estimate of drug-likeness (QED) is 0.436. The topological polar surface area (TPSA) is 75.2 Å². The van der Waals surface area contributed by atoms with Gasteiger partial charge in [0.25, 0.3) is 0 Å². The first-order valence-corrected chi connectivity index (χ1v) is 8.98. The molecule has 0 radical (unpaired) electrons. The van der Waals surface area contributed by atoms with Gasteiger partial charge in [-0.2, -0.15) is 0 Å². The molecule has 0 saturated carbocycles. The number of rotatable bonds is 7. The molecule has 0 bridgehead atoms. The molecule has 1 aromatic carbocycles. The van der Waals surface area contributed by atoms with Gasteiger partial charge in [0, 0.05) is 32.6 Å². The number of hydrogen-bond acceptors (Lipinski definition) is 4. The number of aliphatic imine (C=N–C) groups is 1. The van der Waals surface area contributed by atoms with Crippen molar-refractivity contribution in [2.45, 2.75) is 32.8 Å². The van der Waals surface area contributed by atoms with Gasteiger partial charge in [-0.15, -0.1) is 0 Å². The van der Waals surface area contributed by atoms with Crippen molar-refractivity contribution in [3.05, 3.63) is 23.8 Å². The summed E-state index contributed by atoms with van der Waals surface area (Å²) in [4.78, 5) is 17.5. The minimum atomic E-state index is -0.191. The number of benzene rings is 1. The van der Waals surface area contributed by atoms with E-state index in [1.165, 1.54) is 10.5 Å². The van der Waals surface area contributed by atoms with Crippen molar-refractivity contribution in [2.24, 2.45) is 4.99 Å². The highest BCUT2D eigenvalue weighted by atomic mass is 16.5. The molecule has 1 aliphatic rings. The standard InChI is InChI=1S/C19H30N4O3/c1-6-20-18(22-13-16(24)23(4)5)21-10-11-25-15-9-7-8-14-12-19(2,3)26-17(14)15/h7-9H,6,10-13H2,1-5H3,(H2,20,21,22). The third-order valence-corrected chi connectivity index (χ3v) is 3.92. The number of fused-ring (bicyclic) bond motifs is 1. The third-order valence-electron chi connectivity index (χ3n) is 3.92. The largest absolute Gasteiger partial charge is 0.488 e. The Morgan fingerprint density at radius 1 is 1.35 bits per heavy atom. The van der Waals surface area contributed by atoms with E-state index in [-0.39, 0.29) is 18.1 Å². The summed E-state index contributed by atoms with van der Waals surface area (Å²) in [5, 5.41) is 6.29. The van der Waals surface area contributed by atoms with Crippen LogP contribution in [0, 0.1) is 0 Å². The van der Waals surface area contributed by atoms with Crippen molar-refractivity contribution in [1.82, 2.24) is 15.5 Å². The number of nitrogens with one attached hydrogen (secondary N) is 2. The van der Waals surface area contributed by atoms with Gasteiger partial charge in [-0.1, -0.05) is 12.1 Å². The molecular formula is C19H30N4O3. The molecule has 0 spiro atoms. The van der Waals surface area contributed by atoms with Gasteiger partial charge in [0.15, 0.2) is 17.5 Å². The Morgan fingerprint density at radius 2 is 2.12 bits per heavy atom. The van der Waals surface area contributed by atoms with Gasteiger partial charge in [0.05, 0.1) is 6.54 Å². The van der Waals surface area contributed by atoms with Crippen LogP contribution in [0.15, 0.2) is 23.2 Å². The SMILES string of the molecule is CCNC(=NCC(=O)N(C)C)NCCOc1cccc2c1OC(C)(C)C2. The third kappa shape index (κ3) is 5.54. The number of hydrogen-bond donors (Lipinski definition) is 2. The predicted octanol–water partition coefficient (Wildman–Crippen LogP) is 1.42. The molecule has 0 unspecified atom stereocenters. The maximum Gasteiger partial charge on any atom is 0.243 e. The van der Waals surface area contributed by atoms with E-state index in [9.17, 15) is 4.79 Å². The molecule has 0 aliphatic carbocycles. The minimum absolute atomic E-state index is 0.0435. The van der Waals surface area contributed by atoms with Crippen LogP contribution in [0.25, 0.3) is 0 Å². The normalized spacial score (nSPS) is 15.0. The number of ether oxygens (including phenoxy) is 2. The summed E-state index contributed by atoms with van der Waals surface area (Å²) in [6.07, 6.45) is 0.884. The van der Waals surface area contributed by atoms with Gasteiger partial charge in [-0.25, -0.2) is 4.99 Å². The Morgan fingerprint density at radius 3 is 2.81 bits per heavy atom. The van der Waals surface area contributed by atoms with E-state index >= 15 is 0 Å². The molecule has 1 amide bonds. The highest BCUT2D eigenvalue weighted by molar-refractivity contribution is 5.84. The lowest BCUT2D eigenvalue weighted by Gasteiger charge is -2.18. The number of nitrogens with zero attached hydrogens (tertiary/aromatic N) is 2. The molecule has 1 heterocycles. The van der Waals surface area contributed by atoms with Crippen molar-refractivity contribution >= 4 is 11.9 Å². The van der Waals surface area contributed by atoms with E-state index in [0.29, 0.717) is 19.1 Å².